The van der Waals surface area contributed by atoms with Gasteiger partial charge in [-0.25, -0.2) is 4.79 Å². The molecule has 1 N–H and O–H groups in total. The lowest BCUT2D eigenvalue weighted by Crippen LogP contribution is -2.20. The summed E-state index contributed by atoms with van der Waals surface area (Å²) in [5.41, 5.74) is -0.291. The highest BCUT2D eigenvalue weighted by molar-refractivity contribution is 6.19. The van der Waals surface area contributed by atoms with Gasteiger partial charge in [-0.1, -0.05) is 84.0 Å². The second-order valence-electron chi connectivity index (χ2n) is 7.87. The molecule has 0 aromatic rings. The van der Waals surface area contributed by atoms with Crippen LogP contribution in [0, 0.1) is 0 Å². The van der Waals surface area contributed by atoms with Gasteiger partial charge >= 0.3 is 11.9 Å². The number of unbranched alkanes of at least 4 members (excludes halogenated alkanes) is 12. The van der Waals surface area contributed by atoms with Crippen LogP contribution in [0.2, 0.25) is 0 Å². The Morgan fingerprint density at radius 3 is 1.86 bits per heavy atom. The second-order valence-corrected chi connectivity index (χ2v) is 7.87. The molecule has 0 unspecified atom stereocenters. The summed E-state index contributed by atoms with van der Waals surface area (Å²) in [7, 11) is 0. The Hall–Kier alpha value is -1.85. The number of Topliss-reactive ketones (excluding diaryl/α,β-unsaturated/α-hetero) is 1. The standard InChI is InChI=1S/C23H38O6/c1-3-4-5-6-7-8-9-10-11-12-13-14-15-16-19(25)21-22(26)20(29-23(21)27)17-28-18(2)24/h20,26H,3-17H2,1-2H3/t20-/m1/s1. The zero-order valence-corrected chi connectivity index (χ0v) is 18.2. The lowest BCUT2D eigenvalue weighted by molar-refractivity contribution is -0.151. The average molecular weight is 411 g/mol. The van der Waals surface area contributed by atoms with Crippen molar-refractivity contribution in [3.63, 3.8) is 0 Å². The molecule has 0 aromatic heterocycles. The summed E-state index contributed by atoms with van der Waals surface area (Å²) in [6.45, 7) is 3.18. The number of carbonyl (C=O) groups excluding carboxylic acids is 3. The molecule has 0 aliphatic carbocycles. The molecule has 1 heterocycles. The van der Waals surface area contributed by atoms with Crippen molar-refractivity contribution in [2.45, 2.75) is 110 Å². The van der Waals surface area contributed by atoms with Crippen LogP contribution in [0.15, 0.2) is 11.3 Å². The van der Waals surface area contributed by atoms with E-state index in [-0.39, 0.29) is 18.6 Å². The summed E-state index contributed by atoms with van der Waals surface area (Å²) < 4.78 is 9.65. The Labute approximate surface area is 175 Å². The van der Waals surface area contributed by atoms with E-state index in [0.717, 1.165) is 12.8 Å². The number of carbonyl (C=O) groups is 3. The summed E-state index contributed by atoms with van der Waals surface area (Å²) in [5.74, 6) is -2.20. The van der Waals surface area contributed by atoms with Crippen LogP contribution in [-0.4, -0.2) is 35.5 Å². The molecule has 0 saturated heterocycles. The maximum absolute atomic E-state index is 12.2. The zero-order valence-electron chi connectivity index (χ0n) is 18.2. The van der Waals surface area contributed by atoms with Crippen molar-refractivity contribution in [3.05, 3.63) is 11.3 Å². The number of aliphatic hydroxyl groups is 1. The van der Waals surface area contributed by atoms with E-state index >= 15 is 0 Å². The third-order valence-electron chi connectivity index (χ3n) is 5.24. The first-order valence-electron chi connectivity index (χ1n) is 11.3. The number of rotatable bonds is 17. The van der Waals surface area contributed by atoms with Crippen molar-refractivity contribution in [2.24, 2.45) is 0 Å². The highest BCUT2D eigenvalue weighted by atomic mass is 16.6. The topological polar surface area (TPSA) is 89.9 Å². The molecule has 0 spiro atoms. The molecule has 1 aliphatic heterocycles. The van der Waals surface area contributed by atoms with Crippen LogP contribution < -0.4 is 0 Å². The van der Waals surface area contributed by atoms with Crippen LogP contribution in [0.4, 0.5) is 0 Å². The minimum atomic E-state index is -1.07. The van der Waals surface area contributed by atoms with Crippen molar-refractivity contribution in [2.75, 3.05) is 6.61 Å². The number of esters is 2. The summed E-state index contributed by atoms with van der Waals surface area (Å²) in [5, 5.41) is 10.0. The van der Waals surface area contributed by atoms with E-state index in [0.29, 0.717) is 6.42 Å². The van der Waals surface area contributed by atoms with Gasteiger partial charge in [-0.2, -0.15) is 0 Å². The third-order valence-corrected chi connectivity index (χ3v) is 5.24. The summed E-state index contributed by atoms with van der Waals surface area (Å²) in [6, 6.07) is 0. The molecule has 0 radical (unpaired) electrons. The fraction of sp³-hybridized carbons (Fsp3) is 0.783. The van der Waals surface area contributed by atoms with Gasteiger partial charge < -0.3 is 14.6 Å². The van der Waals surface area contributed by atoms with Crippen molar-refractivity contribution < 1.29 is 29.0 Å². The number of cyclic esters (lactones) is 1. The van der Waals surface area contributed by atoms with Gasteiger partial charge in [0.25, 0.3) is 0 Å². The highest BCUT2D eigenvalue weighted by Gasteiger charge is 2.38. The first-order valence-corrected chi connectivity index (χ1v) is 11.3. The third kappa shape index (κ3) is 10.5. The van der Waals surface area contributed by atoms with Gasteiger partial charge in [-0.15, -0.1) is 0 Å². The molecule has 0 amide bonds. The van der Waals surface area contributed by atoms with Crippen LogP contribution in [0.5, 0.6) is 0 Å². The van der Waals surface area contributed by atoms with E-state index in [2.05, 4.69) is 6.92 Å². The Bertz CT molecular complexity index is 552. The lowest BCUT2D eigenvalue weighted by Gasteiger charge is -2.09. The van der Waals surface area contributed by atoms with Crippen molar-refractivity contribution in [1.29, 1.82) is 0 Å². The molecule has 6 nitrogen and oxygen atoms in total. The second kappa shape index (κ2) is 15.1. The molecule has 1 rings (SSSR count). The van der Waals surface area contributed by atoms with E-state index in [1.54, 1.807) is 0 Å². The molecule has 29 heavy (non-hydrogen) atoms. The van der Waals surface area contributed by atoms with Crippen molar-refractivity contribution >= 4 is 17.7 Å². The number of ketones is 1. The van der Waals surface area contributed by atoms with Gasteiger partial charge in [0.15, 0.2) is 17.6 Å². The van der Waals surface area contributed by atoms with Gasteiger partial charge in [-0.05, 0) is 6.42 Å². The fourth-order valence-electron chi connectivity index (χ4n) is 3.50. The normalized spacial score (nSPS) is 16.2. The van der Waals surface area contributed by atoms with Gasteiger partial charge in [0.2, 0.25) is 0 Å². The fourth-order valence-corrected chi connectivity index (χ4v) is 3.50. The van der Waals surface area contributed by atoms with E-state index in [4.69, 9.17) is 9.47 Å². The van der Waals surface area contributed by atoms with E-state index in [1.807, 2.05) is 0 Å². The van der Waals surface area contributed by atoms with Crippen LogP contribution in [0.3, 0.4) is 0 Å². The number of aliphatic hydroxyl groups excluding tert-OH is 1. The van der Waals surface area contributed by atoms with Gasteiger partial charge in [0.1, 0.15) is 12.2 Å². The summed E-state index contributed by atoms with van der Waals surface area (Å²) >= 11 is 0. The Kier molecular flexibility index (Phi) is 13.1. The van der Waals surface area contributed by atoms with Gasteiger partial charge in [-0.3, -0.25) is 9.59 Å². The maximum Gasteiger partial charge on any atom is 0.346 e. The minimum Gasteiger partial charge on any atom is -0.507 e. The van der Waals surface area contributed by atoms with Crippen LogP contribution in [0.25, 0.3) is 0 Å². The number of ether oxygens (including phenoxy) is 2. The maximum atomic E-state index is 12.2. The number of hydrogen-bond acceptors (Lipinski definition) is 6. The predicted molar refractivity (Wildman–Crippen MR) is 111 cm³/mol. The monoisotopic (exact) mass is 410 g/mol. The molecule has 0 bridgehead atoms. The predicted octanol–water partition coefficient (Wildman–Crippen LogP) is 5.34. The quantitative estimate of drug-likeness (QED) is 0.198. The Balaban J connectivity index is 2.09. The van der Waals surface area contributed by atoms with Crippen LogP contribution in [-0.2, 0) is 23.9 Å². The van der Waals surface area contributed by atoms with E-state index in [1.165, 1.54) is 71.1 Å². The Morgan fingerprint density at radius 2 is 1.38 bits per heavy atom. The van der Waals surface area contributed by atoms with Gasteiger partial charge in [0.05, 0.1) is 0 Å². The molecule has 0 fully saturated rings. The molecule has 1 aliphatic rings. The Morgan fingerprint density at radius 1 is 0.897 bits per heavy atom. The van der Waals surface area contributed by atoms with Crippen molar-refractivity contribution in [1.82, 2.24) is 0 Å². The van der Waals surface area contributed by atoms with E-state index in [9.17, 15) is 19.5 Å². The number of hydrogen-bond donors (Lipinski definition) is 1. The molecule has 166 valence electrons. The zero-order chi connectivity index (χ0) is 21.5. The molecule has 0 aromatic carbocycles. The lowest BCUT2D eigenvalue weighted by atomic mass is 10.0. The summed E-state index contributed by atoms with van der Waals surface area (Å²) in [6.07, 6.45) is 14.9. The van der Waals surface area contributed by atoms with Crippen molar-refractivity contribution in [3.8, 4) is 0 Å². The van der Waals surface area contributed by atoms with Crippen LogP contribution in [0.1, 0.15) is 104 Å². The average Bonchev–Trinajstić information content (AvgIpc) is 2.97. The van der Waals surface area contributed by atoms with E-state index < -0.39 is 29.6 Å². The molecule has 0 saturated carbocycles. The molecular formula is C23H38O6. The SMILES string of the molecule is CCCCCCCCCCCCCCCC(=O)C1=C(O)[C@@H](COC(C)=O)OC1=O. The largest absolute Gasteiger partial charge is 0.507 e. The summed E-state index contributed by atoms with van der Waals surface area (Å²) in [4.78, 5) is 34.9. The minimum absolute atomic E-state index is 0.215. The first-order chi connectivity index (χ1) is 14.0. The molecule has 6 heteroatoms. The smallest absolute Gasteiger partial charge is 0.346 e. The van der Waals surface area contributed by atoms with Crippen LogP contribution >= 0.6 is 0 Å². The van der Waals surface area contributed by atoms with Gasteiger partial charge in [0, 0.05) is 13.3 Å². The molecular weight excluding hydrogens is 372 g/mol. The molecule has 1 atom stereocenters. The highest BCUT2D eigenvalue weighted by Crippen LogP contribution is 2.24. The first kappa shape index (κ1) is 25.2.